The van der Waals surface area contributed by atoms with E-state index in [0.717, 1.165) is 31.4 Å². The zero-order valence-electron chi connectivity index (χ0n) is 19.3. The molecule has 0 nitrogen and oxygen atoms in total. The summed E-state index contributed by atoms with van der Waals surface area (Å²) in [7, 11) is 0. The van der Waals surface area contributed by atoms with Gasteiger partial charge in [-0.3, -0.25) is 0 Å². The molecule has 3 aromatic carbocycles. The molecule has 35 heavy (non-hydrogen) atoms. The van der Waals surface area contributed by atoms with Gasteiger partial charge in [0.15, 0.2) is 17.5 Å². The fourth-order valence-corrected chi connectivity index (χ4v) is 4.67. The van der Waals surface area contributed by atoms with Crippen LogP contribution >= 0.6 is 0 Å². The van der Waals surface area contributed by atoms with Crippen molar-refractivity contribution in [2.45, 2.75) is 57.8 Å². The molecule has 1 unspecified atom stereocenters. The predicted molar refractivity (Wildman–Crippen MR) is 123 cm³/mol. The Balaban J connectivity index is 1.55. The summed E-state index contributed by atoms with van der Waals surface area (Å²) >= 11 is 0. The Morgan fingerprint density at radius 2 is 1.49 bits per heavy atom. The third-order valence-electron chi connectivity index (χ3n) is 6.49. The molecule has 182 valence electrons. The Morgan fingerprint density at radius 3 is 2.14 bits per heavy atom. The third kappa shape index (κ3) is 5.40. The Morgan fingerprint density at radius 1 is 0.800 bits per heavy atom. The Kier molecular flexibility index (Phi) is 7.54. The van der Waals surface area contributed by atoms with Gasteiger partial charge in [-0.2, -0.15) is 0 Å². The van der Waals surface area contributed by atoms with E-state index in [1.807, 2.05) is 0 Å². The second kappa shape index (κ2) is 10.6. The highest BCUT2D eigenvalue weighted by Crippen LogP contribution is 2.37. The lowest BCUT2D eigenvalue weighted by atomic mass is 9.78. The van der Waals surface area contributed by atoms with Crippen molar-refractivity contribution >= 4 is 0 Å². The average molecular weight is 486 g/mol. The summed E-state index contributed by atoms with van der Waals surface area (Å²) in [5, 5.41) is 0. The quantitative estimate of drug-likeness (QED) is 0.149. The Bertz CT molecular complexity index is 1270. The molecule has 0 fully saturated rings. The van der Waals surface area contributed by atoms with Gasteiger partial charge in [0.2, 0.25) is 0 Å². The number of hydrogen-bond donors (Lipinski definition) is 0. The van der Waals surface area contributed by atoms with Crippen molar-refractivity contribution < 1.29 is 26.3 Å². The maximum Gasteiger partial charge on any atom is 0.194 e. The van der Waals surface area contributed by atoms with E-state index in [-0.39, 0.29) is 29.5 Å². The Hall–Kier alpha value is -3.20. The molecule has 6 heteroatoms. The van der Waals surface area contributed by atoms with Crippen LogP contribution in [0.5, 0.6) is 0 Å². The van der Waals surface area contributed by atoms with E-state index in [2.05, 4.69) is 18.8 Å². The molecule has 4 rings (SSSR count). The second-order valence-corrected chi connectivity index (χ2v) is 8.94. The van der Waals surface area contributed by atoms with E-state index in [1.54, 1.807) is 6.07 Å². The summed E-state index contributed by atoms with van der Waals surface area (Å²) in [6.07, 6.45) is 4.47. The van der Waals surface area contributed by atoms with Crippen molar-refractivity contribution in [3.8, 4) is 11.8 Å². The molecular weight excluding hydrogens is 462 g/mol. The smallest absolute Gasteiger partial charge is 0.194 e. The van der Waals surface area contributed by atoms with Gasteiger partial charge in [0.25, 0.3) is 0 Å². The summed E-state index contributed by atoms with van der Waals surface area (Å²) in [4.78, 5) is 0. The first-order valence-electron chi connectivity index (χ1n) is 11.7. The molecule has 0 amide bonds. The first-order chi connectivity index (χ1) is 16.8. The van der Waals surface area contributed by atoms with Gasteiger partial charge in [-0.25, -0.2) is 26.3 Å². The molecule has 1 aliphatic carbocycles. The minimum atomic E-state index is -1.59. The van der Waals surface area contributed by atoms with E-state index in [1.165, 1.54) is 18.2 Å². The summed E-state index contributed by atoms with van der Waals surface area (Å²) in [5.41, 5.74) is 1.66. The number of unbranched alkanes of at least 4 members (excludes halogenated alkanes) is 2. The summed E-state index contributed by atoms with van der Waals surface area (Å²) in [6.45, 7) is 2.07. The van der Waals surface area contributed by atoms with Crippen molar-refractivity contribution in [1.29, 1.82) is 0 Å². The third-order valence-corrected chi connectivity index (χ3v) is 6.49. The minimum absolute atomic E-state index is 0.0288. The lowest BCUT2D eigenvalue weighted by Gasteiger charge is -2.26. The van der Waals surface area contributed by atoms with Crippen LogP contribution in [0.2, 0.25) is 0 Å². The standard InChI is InChI=1S/C29H24F6/c1-2-3-4-5-17-12-23(30)27(24(31)13-17)21-10-11-22-20(16-21)9-8-19(28(22)34)7-6-18-14-25(32)29(35)26(33)15-18/h8-9,12-15,21H,2-5,10-11,16H2,1H3. The van der Waals surface area contributed by atoms with Crippen LogP contribution in [0.4, 0.5) is 26.3 Å². The zero-order chi connectivity index (χ0) is 25.1. The van der Waals surface area contributed by atoms with Gasteiger partial charge >= 0.3 is 0 Å². The van der Waals surface area contributed by atoms with Crippen LogP contribution in [-0.4, -0.2) is 0 Å². The van der Waals surface area contributed by atoms with Crippen LogP contribution in [0.3, 0.4) is 0 Å². The van der Waals surface area contributed by atoms with Crippen molar-refractivity contribution in [3.05, 3.63) is 105 Å². The topological polar surface area (TPSA) is 0 Å². The van der Waals surface area contributed by atoms with Crippen molar-refractivity contribution in [3.63, 3.8) is 0 Å². The van der Waals surface area contributed by atoms with Crippen molar-refractivity contribution in [1.82, 2.24) is 0 Å². The Labute approximate surface area is 201 Å². The molecule has 0 heterocycles. The molecule has 0 spiro atoms. The summed E-state index contributed by atoms with van der Waals surface area (Å²) < 4.78 is 84.7. The van der Waals surface area contributed by atoms with Crippen LogP contribution in [0.15, 0.2) is 36.4 Å². The largest absolute Gasteiger partial charge is 0.207 e. The number of hydrogen-bond acceptors (Lipinski definition) is 0. The molecule has 1 aliphatic rings. The maximum atomic E-state index is 15.1. The fourth-order valence-electron chi connectivity index (χ4n) is 4.67. The van der Waals surface area contributed by atoms with Crippen molar-refractivity contribution in [2.75, 3.05) is 0 Å². The van der Waals surface area contributed by atoms with Gasteiger partial charge in [-0.05, 0) is 85.0 Å². The first kappa shape index (κ1) is 24.9. The highest BCUT2D eigenvalue weighted by molar-refractivity contribution is 5.48. The van der Waals surface area contributed by atoms with E-state index >= 15 is 4.39 Å². The zero-order valence-corrected chi connectivity index (χ0v) is 19.3. The first-order valence-corrected chi connectivity index (χ1v) is 11.7. The molecule has 0 radical (unpaired) electrons. The SMILES string of the molecule is CCCCCc1cc(F)c(C2CCc3c(ccc(C#Cc4cc(F)c(F)c(F)c4)c3F)C2)c(F)c1. The molecule has 0 bridgehead atoms. The number of fused-ring (bicyclic) bond motifs is 1. The maximum absolute atomic E-state index is 15.1. The van der Waals surface area contributed by atoms with Gasteiger partial charge in [-0.1, -0.05) is 37.7 Å². The van der Waals surface area contributed by atoms with Gasteiger partial charge in [0, 0.05) is 11.1 Å². The van der Waals surface area contributed by atoms with Gasteiger partial charge < -0.3 is 0 Å². The summed E-state index contributed by atoms with van der Waals surface area (Å²) in [6, 6.07) is 7.39. The molecular formula is C29H24F6. The predicted octanol–water partition coefficient (Wildman–Crippen LogP) is 7.93. The van der Waals surface area contributed by atoms with E-state index in [9.17, 15) is 22.0 Å². The van der Waals surface area contributed by atoms with Crippen LogP contribution in [0.25, 0.3) is 0 Å². The van der Waals surface area contributed by atoms with Crippen LogP contribution in [0.1, 0.15) is 71.9 Å². The molecule has 0 saturated heterocycles. The lowest BCUT2D eigenvalue weighted by Crippen LogP contribution is -2.17. The molecule has 0 N–H and O–H groups in total. The molecule has 0 aromatic heterocycles. The van der Waals surface area contributed by atoms with Gasteiger partial charge in [0.05, 0.1) is 5.56 Å². The highest BCUT2D eigenvalue weighted by Gasteiger charge is 2.28. The van der Waals surface area contributed by atoms with Gasteiger partial charge in [0.1, 0.15) is 17.5 Å². The number of benzene rings is 3. The summed E-state index contributed by atoms with van der Waals surface area (Å²) in [5.74, 6) is -1.45. The monoisotopic (exact) mass is 486 g/mol. The number of rotatable bonds is 5. The fraction of sp³-hybridized carbons (Fsp3) is 0.310. The van der Waals surface area contributed by atoms with E-state index < -0.39 is 40.8 Å². The molecule has 0 aliphatic heterocycles. The number of halogens is 6. The molecule has 3 aromatic rings. The van der Waals surface area contributed by atoms with Crippen LogP contribution < -0.4 is 0 Å². The minimum Gasteiger partial charge on any atom is -0.207 e. The lowest BCUT2D eigenvalue weighted by molar-refractivity contribution is 0.446. The van der Waals surface area contributed by atoms with Crippen molar-refractivity contribution in [2.24, 2.45) is 0 Å². The highest BCUT2D eigenvalue weighted by atomic mass is 19.2. The molecule has 1 atom stereocenters. The normalized spacial score (nSPS) is 14.9. The second-order valence-electron chi connectivity index (χ2n) is 8.94. The molecule has 0 saturated carbocycles. The van der Waals surface area contributed by atoms with Gasteiger partial charge in [-0.15, -0.1) is 0 Å². The van der Waals surface area contributed by atoms with Crippen LogP contribution in [-0.2, 0) is 19.3 Å². The average Bonchev–Trinajstić information content (AvgIpc) is 2.82. The van der Waals surface area contributed by atoms with E-state index in [4.69, 9.17) is 0 Å². The number of aryl methyl sites for hydroxylation is 1. The van der Waals surface area contributed by atoms with Crippen LogP contribution in [0, 0.1) is 46.7 Å². The van der Waals surface area contributed by atoms with E-state index in [0.29, 0.717) is 29.5 Å².